The third-order valence-corrected chi connectivity index (χ3v) is 5.76. The molecule has 1 amide bonds. The fourth-order valence-electron chi connectivity index (χ4n) is 4.33. The van der Waals surface area contributed by atoms with Gasteiger partial charge in [0.2, 0.25) is 5.91 Å². The molecule has 2 aromatic rings. The number of carbonyl (C=O) groups is 1. The van der Waals surface area contributed by atoms with Gasteiger partial charge in [-0.3, -0.25) is 4.79 Å². The van der Waals surface area contributed by atoms with Crippen LogP contribution in [0.4, 0.5) is 26.3 Å². The lowest BCUT2D eigenvalue weighted by molar-refractivity contribution is -0.166. The molecular formula is C23H25ClF6N2O2. The summed E-state index contributed by atoms with van der Waals surface area (Å²) in [6, 6.07) is 10.8. The highest BCUT2D eigenvalue weighted by atomic mass is 35.5. The molecule has 0 aliphatic carbocycles. The molecular weight excluding hydrogens is 486 g/mol. The van der Waals surface area contributed by atoms with Crippen molar-refractivity contribution in [3.63, 3.8) is 0 Å². The number of piperidine rings is 1. The Kier molecular flexibility index (Phi) is 9.01. The summed E-state index contributed by atoms with van der Waals surface area (Å²) in [4.78, 5) is 13.8. The number of nitrogens with two attached hydrogens (primary N) is 1. The lowest BCUT2D eigenvalue weighted by atomic mass is 9.88. The van der Waals surface area contributed by atoms with Crippen molar-refractivity contribution in [1.82, 2.24) is 4.90 Å². The highest BCUT2D eigenvalue weighted by molar-refractivity contribution is 5.85. The first-order chi connectivity index (χ1) is 15.4. The lowest BCUT2D eigenvalue weighted by Crippen LogP contribution is -2.51. The van der Waals surface area contributed by atoms with E-state index in [1.54, 1.807) is 30.3 Å². The lowest BCUT2D eigenvalue weighted by Gasteiger charge is -2.42. The fraction of sp³-hybridized carbons (Fsp3) is 0.435. The number of hydrogen-bond donors (Lipinski definition) is 1. The predicted molar refractivity (Wildman–Crippen MR) is 116 cm³/mol. The van der Waals surface area contributed by atoms with E-state index in [4.69, 9.17) is 10.5 Å². The standard InChI is InChI=1S/C23H24F6N2O2.ClH/c1-14(20-17(22(24,25)26)10-5-11-18(20)23(27,28)29)33-21-16(15-7-3-2-4-8-15)9-6-12-31(21)19(32)13-30;/h2-5,7-8,10-11,14,16,21H,6,9,12-13,30H2,1H3;1H. The van der Waals surface area contributed by atoms with Gasteiger partial charge in [0.1, 0.15) is 6.23 Å². The second kappa shape index (κ2) is 11.0. The van der Waals surface area contributed by atoms with E-state index in [0.717, 1.165) is 18.6 Å². The molecule has 3 unspecified atom stereocenters. The molecule has 0 spiro atoms. The minimum absolute atomic E-state index is 0. The second-order valence-electron chi connectivity index (χ2n) is 7.88. The van der Waals surface area contributed by atoms with E-state index in [1.807, 2.05) is 0 Å². The number of alkyl halides is 6. The third kappa shape index (κ3) is 6.03. The van der Waals surface area contributed by atoms with E-state index in [9.17, 15) is 31.1 Å². The Morgan fingerprint density at radius 2 is 1.59 bits per heavy atom. The molecule has 1 aliphatic heterocycles. The minimum Gasteiger partial charge on any atom is -0.350 e. The molecule has 3 atom stereocenters. The number of halogens is 7. The molecule has 1 aliphatic rings. The molecule has 1 heterocycles. The summed E-state index contributed by atoms with van der Waals surface area (Å²) >= 11 is 0. The van der Waals surface area contributed by atoms with Crippen molar-refractivity contribution in [1.29, 1.82) is 0 Å². The number of ether oxygens (including phenoxy) is 1. The molecule has 11 heteroatoms. The highest BCUT2D eigenvalue weighted by Crippen LogP contribution is 2.44. The maximum atomic E-state index is 13.7. The van der Waals surface area contributed by atoms with Gasteiger partial charge in [-0.1, -0.05) is 36.4 Å². The van der Waals surface area contributed by atoms with Crippen LogP contribution < -0.4 is 5.73 Å². The molecule has 2 aromatic carbocycles. The molecule has 4 nitrogen and oxygen atoms in total. The fourth-order valence-corrected chi connectivity index (χ4v) is 4.33. The number of rotatable bonds is 5. The Bertz CT molecular complexity index is 936. The van der Waals surface area contributed by atoms with Crippen molar-refractivity contribution in [2.45, 2.75) is 50.4 Å². The van der Waals surface area contributed by atoms with Crippen LogP contribution in [0.2, 0.25) is 0 Å². The molecule has 0 radical (unpaired) electrons. The van der Waals surface area contributed by atoms with Gasteiger partial charge in [-0.15, -0.1) is 12.4 Å². The second-order valence-corrected chi connectivity index (χ2v) is 7.88. The van der Waals surface area contributed by atoms with Crippen LogP contribution in [-0.4, -0.2) is 30.1 Å². The predicted octanol–water partition coefficient (Wildman–Crippen LogP) is 5.91. The van der Waals surface area contributed by atoms with Crippen LogP contribution in [-0.2, 0) is 21.9 Å². The number of amides is 1. The average molecular weight is 511 g/mol. The first-order valence-corrected chi connectivity index (χ1v) is 10.4. The van der Waals surface area contributed by atoms with Gasteiger partial charge in [0.05, 0.1) is 23.8 Å². The molecule has 0 bridgehead atoms. The number of likely N-dealkylation sites (tertiary alicyclic amines) is 1. The smallest absolute Gasteiger partial charge is 0.350 e. The Hall–Kier alpha value is -2.30. The SMILES string of the molecule is CC(OC1C(c2ccccc2)CCCN1C(=O)CN)c1c(C(F)(F)F)cccc1C(F)(F)F.Cl. The quantitative estimate of drug-likeness (QED) is 0.508. The summed E-state index contributed by atoms with van der Waals surface area (Å²) in [5, 5.41) is 0. The van der Waals surface area contributed by atoms with Crippen LogP contribution in [0, 0.1) is 0 Å². The molecule has 0 aromatic heterocycles. The topological polar surface area (TPSA) is 55.6 Å². The summed E-state index contributed by atoms with van der Waals surface area (Å²) in [7, 11) is 0. The zero-order chi connectivity index (χ0) is 24.4. The first kappa shape index (κ1) is 27.9. The molecule has 1 saturated heterocycles. The monoisotopic (exact) mass is 510 g/mol. The van der Waals surface area contributed by atoms with Crippen molar-refractivity contribution < 1.29 is 35.9 Å². The summed E-state index contributed by atoms with van der Waals surface area (Å²) in [5.41, 5.74) is 2.43. The van der Waals surface area contributed by atoms with E-state index >= 15 is 0 Å². The maximum Gasteiger partial charge on any atom is 0.416 e. The van der Waals surface area contributed by atoms with Gasteiger partial charge in [-0.25, -0.2) is 0 Å². The van der Waals surface area contributed by atoms with Crippen molar-refractivity contribution in [2.24, 2.45) is 5.73 Å². The Labute approximate surface area is 199 Å². The molecule has 1 fully saturated rings. The molecule has 34 heavy (non-hydrogen) atoms. The number of nitrogens with zero attached hydrogens (tertiary/aromatic N) is 1. The first-order valence-electron chi connectivity index (χ1n) is 10.4. The Morgan fingerprint density at radius 1 is 1.03 bits per heavy atom. The van der Waals surface area contributed by atoms with Crippen LogP contribution in [0.15, 0.2) is 48.5 Å². The van der Waals surface area contributed by atoms with Crippen molar-refractivity contribution >= 4 is 18.3 Å². The van der Waals surface area contributed by atoms with E-state index in [2.05, 4.69) is 0 Å². The summed E-state index contributed by atoms with van der Waals surface area (Å²) in [6.07, 6.45) is -11.6. The Morgan fingerprint density at radius 3 is 2.09 bits per heavy atom. The highest BCUT2D eigenvalue weighted by Gasteiger charge is 2.44. The zero-order valence-electron chi connectivity index (χ0n) is 18.2. The van der Waals surface area contributed by atoms with Crippen molar-refractivity contribution in [3.8, 4) is 0 Å². The van der Waals surface area contributed by atoms with Gasteiger partial charge < -0.3 is 15.4 Å². The van der Waals surface area contributed by atoms with Crippen molar-refractivity contribution in [3.05, 3.63) is 70.8 Å². The summed E-state index contributed by atoms with van der Waals surface area (Å²) in [6.45, 7) is 1.02. The minimum atomic E-state index is -5.02. The Balaban J connectivity index is 0.00000408. The van der Waals surface area contributed by atoms with Crippen LogP contribution in [0.5, 0.6) is 0 Å². The third-order valence-electron chi connectivity index (χ3n) is 5.76. The molecule has 2 N–H and O–H groups in total. The normalized spacial score (nSPS) is 19.9. The largest absolute Gasteiger partial charge is 0.416 e. The molecule has 3 rings (SSSR count). The van der Waals surface area contributed by atoms with Gasteiger partial charge in [0, 0.05) is 18.0 Å². The van der Waals surface area contributed by atoms with Crippen molar-refractivity contribution in [2.75, 3.05) is 13.1 Å². The average Bonchev–Trinajstić information content (AvgIpc) is 2.77. The van der Waals surface area contributed by atoms with Gasteiger partial charge in [-0.2, -0.15) is 26.3 Å². The van der Waals surface area contributed by atoms with E-state index in [-0.39, 0.29) is 25.5 Å². The van der Waals surface area contributed by atoms with Gasteiger partial charge in [0.25, 0.3) is 0 Å². The van der Waals surface area contributed by atoms with E-state index < -0.39 is 53.2 Å². The molecule has 188 valence electrons. The molecule has 0 saturated carbocycles. The number of carbonyl (C=O) groups excluding carboxylic acids is 1. The van der Waals surface area contributed by atoms with Gasteiger partial charge >= 0.3 is 12.4 Å². The zero-order valence-corrected chi connectivity index (χ0v) is 19.0. The van der Waals surface area contributed by atoms with Gasteiger partial charge in [-0.05, 0) is 37.5 Å². The van der Waals surface area contributed by atoms with Crippen LogP contribution in [0.3, 0.4) is 0 Å². The van der Waals surface area contributed by atoms with E-state index in [0.29, 0.717) is 25.0 Å². The van der Waals surface area contributed by atoms with Crippen LogP contribution >= 0.6 is 12.4 Å². The summed E-state index contributed by atoms with van der Waals surface area (Å²) < 4.78 is 87.8. The maximum absolute atomic E-state index is 13.7. The summed E-state index contributed by atoms with van der Waals surface area (Å²) in [5.74, 6) is -0.932. The van der Waals surface area contributed by atoms with Gasteiger partial charge in [0.15, 0.2) is 0 Å². The van der Waals surface area contributed by atoms with Crippen LogP contribution in [0.1, 0.15) is 54.0 Å². The number of hydrogen-bond acceptors (Lipinski definition) is 3. The van der Waals surface area contributed by atoms with Crippen LogP contribution in [0.25, 0.3) is 0 Å². The number of benzene rings is 2. The van der Waals surface area contributed by atoms with E-state index in [1.165, 1.54) is 4.90 Å².